The van der Waals surface area contributed by atoms with Gasteiger partial charge in [-0.05, 0) is 105 Å². The van der Waals surface area contributed by atoms with Gasteiger partial charge in [-0.25, -0.2) is 4.79 Å². The lowest BCUT2D eigenvalue weighted by atomic mass is 9.78. The van der Waals surface area contributed by atoms with Crippen LogP contribution in [0.15, 0.2) is 30.5 Å². The number of hydrogen-bond acceptors (Lipinski definition) is 14. The number of hydrogen-bond donors (Lipinski definition) is 3. The van der Waals surface area contributed by atoms with E-state index in [1.807, 2.05) is 84.1 Å². The van der Waals surface area contributed by atoms with Gasteiger partial charge in [0.25, 0.3) is 0 Å². The van der Waals surface area contributed by atoms with Crippen LogP contribution in [-0.4, -0.2) is 142 Å². The first-order valence-corrected chi connectivity index (χ1v) is 21.8. The van der Waals surface area contributed by atoms with Crippen molar-refractivity contribution in [2.75, 3.05) is 40.0 Å². The zero-order valence-electron chi connectivity index (χ0n) is 37.6. The Kier molecular flexibility index (Phi) is 15.8. The van der Waals surface area contributed by atoms with Gasteiger partial charge in [0.15, 0.2) is 17.7 Å². The second kappa shape index (κ2) is 20.0. The number of nitrogens with zero attached hydrogens (tertiary/aromatic N) is 5. The molecule has 0 radical (unpaired) electrons. The molecule has 13 atom stereocenters. The molecule has 0 aliphatic carbocycles. The number of aliphatic hydroxyl groups is 1. The molecule has 4 heterocycles. The maximum absolute atomic E-state index is 14.6. The number of ether oxygens (including phenoxy) is 5. The largest absolute Gasteiger partial charge is 0.457 e. The number of anilines is 1. The van der Waals surface area contributed by atoms with Crippen LogP contribution in [0.2, 0.25) is 0 Å². The average molecular weight is 842 g/mol. The summed E-state index contributed by atoms with van der Waals surface area (Å²) in [5.41, 5.74) is 5.96. The third-order valence-corrected chi connectivity index (χ3v) is 13.1. The molecule has 1 aromatic heterocycles. The first-order valence-electron chi connectivity index (χ1n) is 21.8. The number of amides is 1. The number of ketones is 1. The fraction of sp³-hybridized carbons (Fsp3) is 0.750. The van der Waals surface area contributed by atoms with E-state index in [1.54, 1.807) is 30.5 Å². The van der Waals surface area contributed by atoms with Crippen LogP contribution in [0.1, 0.15) is 93.9 Å². The first kappa shape index (κ1) is 47.4. The summed E-state index contributed by atoms with van der Waals surface area (Å²) in [6, 6.07) is 6.46. The van der Waals surface area contributed by atoms with Crippen molar-refractivity contribution in [3.63, 3.8) is 0 Å². The third-order valence-electron chi connectivity index (χ3n) is 13.1. The van der Waals surface area contributed by atoms with Gasteiger partial charge in [-0.1, -0.05) is 45.0 Å². The molecule has 0 saturated carbocycles. The van der Waals surface area contributed by atoms with E-state index in [0.29, 0.717) is 57.4 Å². The van der Waals surface area contributed by atoms with Gasteiger partial charge >= 0.3 is 12.1 Å². The van der Waals surface area contributed by atoms with Crippen molar-refractivity contribution in [3.8, 4) is 11.3 Å². The number of cyclic esters (lactones) is 1. The molecule has 5 rings (SSSR count). The number of fused-ring (bicyclic) bond motifs is 1. The van der Waals surface area contributed by atoms with Crippen molar-refractivity contribution < 1.29 is 43.2 Å². The Morgan fingerprint density at radius 2 is 1.78 bits per heavy atom. The quantitative estimate of drug-likeness (QED) is 0.116. The van der Waals surface area contributed by atoms with E-state index < -0.39 is 65.7 Å². The molecule has 0 spiro atoms. The van der Waals surface area contributed by atoms with Crippen molar-refractivity contribution in [1.82, 2.24) is 30.1 Å². The lowest BCUT2D eigenvalue weighted by molar-refractivity contribution is -0.295. The highest BCUT2D eigenvalue weighted by molar-refractivity contribution is 6.00. The lowest BCUT2D eigenvalue weighted by Crippen LogP contribution is -2.61. The fourth-order valence-corrected chi connectivity index (χ4v) is 9.72. The Bertz CT molecular complexity index is 1760. The van der Waals surface area contributed by atoms with Crippen LogP contribution < -0.4 is 11.1 Å². The van der Waals surface area contributed by atoms with Gasteiger partial charge in [-0.15, -0.1) is 5.10 Å². The third kappa shape index (κ3) is 10.3. The Labute approximate surface area is 356 Å². The number of nitrogens with two attached hydrogens (primary N) is 1. The second-order valence-corrected chi connectivity index (χ2v) is 18.0. The van der Waals surface area contributed by atoms with E-state index in [2.05, 4.69) is 22.6 Å². The van der Waals surface area contributed by atoms with Crippen LogP contribution in [0.25, 0.3) is 11.3 Å². The second-order valence-electron chi connectivity index (χ2n) is 18.0. The van der Waals surface area contributed by atoms with Crippen molar-refractivity contribution in [2.45, 2.75) is 160 Å². The van der Waals surface area contributed by atoms with Crippen LogP contribution in [-0.2, 0) is 39.8 Å². The minimum absolute atomic E-state index is 0.0129. The van der Waals surface area contributed by atoms with E-state index in [-0.39, 0.29) is 36.3 Å². The monoisotopic (exact) mass is 842 g/mol. The van der Waals surface area contributed by atoms with Crippen molar-refractivity contribution in [1.29, 1.82) is 0 Å². The molecular formula is C44H71N7O9. The standard InChI is InChI=1S/C44H71N7O9/c1-12-32-36(52)28(5)39(59-41-37(53)34(49(9)10)21-27(4)57-41)43(7,56-11)23-26(3)24-46-29(6)38-44(8,35(13-2)58-40(32)54)60-42(55)51(38)20-15-14-19-50-25-33(47-48-50)30-17-16-18-31(45)22-30/h16-18,22,25-29,32,34-35,37-39,41,46,53H,12-15,19-21,23-24,45H2,1-11H3/t26-,27-,28-,29-,32?,34?,35+,37?,38-,39-,41+,43-,44-/m1/s1. The van der Waals surface area contributed by atoms with E-state index in [9.17, 15) is 19.5 Å². The number of carbonyl (C=O) groups is 3. The van der Waals surface area contributed by atoms with Gasteiger partial charge in [-0.3, -0.25) is 19.2 Å². The van der Waals surface area contributed by atoms with Crippen LogP contribution >= 0.6 is 0 Å². The van der Waals surface area contributed by atoms with Crippen LogP contribution in [0.3, 0.4) is 0 Å². The molecule has 3 aliphatic heterocycles. The van der Waals surface area contributed by atoms with Crippen molar-refractivity contribution in [2.24, 2.45) is 17.8 Å². The highest BCUT2D eigenvalue weighted by Gasteiger charge is 2.59. The van der Waals surface area contributed by atoms with E-state index >= 15 is 0 Å². The minimum atomic E-state index is -1.23. The number of unbranched alkanes of at least 4 members (excludes halogenated alkanes) is 1. The molecule has 1 aromatic carbocycles. The molecule has 0 bridgehead atoms. The number of nitrogen functional groups attached to an aromatic ring is 1. The van der Waals surface area contributed by atoms with Gasteiger partial charge in [0.05, 0.1) is 30.0 Å². The van der Waals surface area contributed by atoms with E-state index in [4.69, 9.17) is 29.4 Å². The summed E-state index contributed by atoms with van der Waals surface area (Å²) in [7, 11) is 5.41. The van der Waals surface area contributed by atoms with E-state index in [0.717, 1.165) is 11.3 Å². The molecule has 3 saturated heterocycles. The normalized spacial score (nSPS) is 36.0. The summed E-state index contributed by atoms with van der Waals surface area (Å²) in [5.74, 6) is -3.04. The van der Waals surface area contributed by atoms with Crippen LogP contribution in [0, 0.1) is 17.8 Å². The summed E-state index contributed by atoms with van der Waals surface area (Å²) in [5, 5.41) is 23.8. The summed E-state index contributed by atoms with van der Waals surface area (Å²) in [6.07, 6.45) is 0.395. The number of aliphatic hydroxyl groups excluding tert-OH is 1. The number of aryl methyl sites for hydroxylation is 1. The predicted molar refractivity (Wildman–Crippen MR) is 227 cm³/mol. The highest BCUT2D eigenvalue weighted by Crippen LogP contribution is 2.40. The van der Waals surface area contributed by atoms with E-state index in [1.165, 1.54) is 0 Å². The predicted octanol–water partition coefficient (Wildman–Crippen LogP) is 4.67. The van der Waals surface area contributed by atoms with Gasteiger partial charge in [0, 0.05) is 49.5 Å². The molecule has 1 amide bonds. The zero-order chi connectivity index (χ0) is 44.1. The average Bonchev–Trinajstić information content (AvgIpc) is 3.78. The molecule has 4 N–H and O–H groups in total. The van der Waals surface area contributed by atoms with Gasteiger partial charge in [0.1, 0.15) is 23.8 Å². The Morgan fingerprint density at radius 3 is 2.43 bits per heavy atom. The molecule has 16 nitrogen and oxygen atoms in total. The maximum atomic E-state index is 14.6. The van der Waals surface area contributed by atoms with Crippen molar-refractivity contribution in [3.05, 3.63) is 30.5 Å². The number of Topliss-reactive ketones (excluding diaryl/α,β-unsaturated/α-hetero) is 1. The number of nitrogens with one attached hydrogen (secondary N) is 1. The summed E-state index contributed by atoms with van der Waals surface area (Å²) >= 11 is 0. The summed E-state index contributed by atoms with van der Waals surface area (Å²) in [4.78, 5) is 46.4. The topological polar surface area (TPSA) is 193 Å². The molecule has 3 fully saturated rings. The number of aromatic nitrogens is 3. The summed E-state index contributed by atoms with van der Waals surface area (Å²) < 4.78 is 33.5. The molecule has 16 heteroatoms. The Morgan fingerprint density at radius 1 is 1.07 bits per heavy atom. The molecule has 336 valence electrons. The smallest absolute Gasteiger partial charge is 0.410 e. The number of rotatable bonds is 12. The summed E-state index contributed by atoms with van der Waals surface area (Å²) in [6.45, 7) is 16.7. The van der Waals surface area contributed by atoms with Crippen LogP contribution in [0.5, 0.6) is 0 Å². The number of carbonyl (C=O) groups excluding carboxylic acids is 3. The zero-order valence-corrected chi connectivity index (χ0v) is 37.6. The maximum Gasteiger partial charge on any atom is 0.410 e. The molecule has 3 unspecified atom stereocenters. The molecular weight excluding hydrogens is 771 g/mol. The fourth-order valence-electron chi connectivity index (χ4n) is 9.72. The molecule has 2 aromatic rings. The first-order chi connectivity index (χ1) is 28.4. The minimum Gasteiger partial charge on any atom is -0.457 e. The number of esters is 1. The van der Waals surface area contributed by atoms with Crippen molar-refractivity contribution >= 4 is 23.5 Å². The van der Waals surface area contributed by atoms with Gasteiger partial charge in [-0.2, -0.15) is 0 Å². The van der Waals surface area contributed by atoms with Crippen LogP contribution in [0.4, 0.5) is 10.5 Å². The van der Waals surface area contributed by atoms with Gasteiger partial charge in [0.2, 0.25) is 0 Å². The van der Waals surface area contributed by atoms with Gasteiger partial charge < -0.3 is 44.7 Å². The molecule has 3 aliphatic rings. The Hall–Kier alpha value is -3.67. The number of benzene rings is 1. The lowest BCUT2D eigenvalue weighted by Gasteiger charge is -2.46. The number of likely N-dealkylation sites (N-methyl/N-ethyl adjacent to an activating group) is 1. The molecule has 60 heavy (non-hydrogen) atoms. The highest BCUT2D eigenvalue weighted by atomic mass is 16.7. The number of methoxy groups -OCH3 is 1. The Balaban J connectivity index is 1.40. The SMILES string of the molecule is CCC1C(=O)O[C@@H](CC)[C@@]2(C)OC(=O)N(CCCCn3cc(-c4cccc(N)c4)nn3)[C@@H]2[C@@H](C)NC[C@H](C)C[C@@](C)(OC)[C@H](O[C@@H]2O[C@H](C)CC(N(C)C)C2O)[C@H](C)C1=O.